The topological polar surface area (TPSA) is 16.1 Å². The van der Waals surface area contributed by atoms with Gasteiger partial charge in [0.25, 0.3) is 0 Å². The number of nitrogens with zero attached hydrogens (tertiary/aromatic N) is 2. The van der Waals surface area contributed by atoms with E-state index in [2.05, 4.69) is 29.1 Å². The van der Waals surface area contributed by atoms with E-state index in [0.29, 0.717) is 0 Å². The lowest BCUT2D eigenvalue weighted by Crippen LogP contribution is -2.33. The third kappa shape index (κ3) is 2.82. The lowest BCUT2D eigenvalue weighted by atomic mass is 9.92. The molecule has 2 aliphatic rings. The Morgan fingerprint density at radius 2 is 2.12 bits per heavy atom. The molecule has 94 valence electrons. The quantitative estimate of drug-likeness (QED) is 0.782. The zero-order chi connectivity index (χ0) is 10.3. The first-order valence-electron chi connectivity index (χ1n) is 5.63. The van der Waals surface area contributed by atoms with E-state index in [4.69, 9.17) is 0 Å². The predicted octanol–water partition coefficient (Wildman–Crippen LogP) is 2.89. The summed E-state index contributed by atoms with van der Waals surface area (Å²) >= 11 is 0. The van der Waals surface area contributed by atoms with Gasteiger partial charge in [0, 0.05) is 25.5 Å². The van der Waals surface area contributed by atoms with Crippen LogP contribution in [0.15, 0.2) is 30.6 Å². The number of aromatic nitrogens is 1. The Labute approximate surface area is 115 Å². The minimum Gasteiger partial charge on any atom is -0.305 e. The molecule has 0 spiro atoms. The second-order valence-corrected chi connectivity index (χ2v) is 4.78. The first kappa shape index (κ1) is 14.5. The average Bonchev–Trinajstić information content (AvgIpc) is 2.55. The Hall–Kier alpha value is -0.570. The fourth-order valence-electron chi connectivity index (χ4n) is 2.97. The molecular formula is C13H18Cl2N2. The van der Waals surface area contributed by atoms with Crippen LogP contribution in [0.4, 0.5) is 0 Å². The summed E-state index contributed by atoms with van der Waals surface area (Å²) in [6.07, 6.45) is 7.64. The molecule has 17 heavy (non-hydrogen) atoms. The first-order valence-corrected chi connectivity index (χ1v) is 5.63. The van der Waals surface area contributed by atoms with Crippen molar-refractivity contribution in [2.45, 2.75) is 6.42 Å². The van der Waals surface area contributed by atoms with Crippen LogP contribution >= 0.6 is 24.8 Å². The minimum absolute atomic E-state index is 0. The third-order valence-corrected chi connectivity index (χ3v) is 3.52. The molecular weight excluding hydrogens is 255 g/mol. The van der Waals surface area contributed by atoms with Crippen LogP contribution in [0.3, 0.4) is 0 Å². The van der Waals surface area contributed by atoms with E-state index in [9.17, 15) is 0 Å². The molecule has 2 unspecified atom stereocenters. The molecule has 0 radical (unpaired) electrons. The molecule has 2 atom stereocenters. The first-order chi connectivity index (χ1) is 7.33. The molecule has 0 aromatic carbocycles. The highest BCUT2D eigenvalue weighted by molar-refractivity contribution is 5.85. The summed E-state index contributed by atoms with van der Waals surface area (Å²) in [6.45, 7) is 2.43. The van der Waals surface area contributed by atoms with E-state index in [1.165, 1.54) is 30.6 Å². The monoisotopic (exact) mass is 272 g/mol. The highest BCUT2D eigenvalue weighted by atomic mass is 35.5. The lowest BCUT2D eigenvalue weighted by molar-refractivity contribution is 0.218. The maximum absolute atomic E-state index is 4.21. The molecule has 1 aliphatic carbocycles. The van der Waals surface area contributed by atoms with Gasteiger partial charge < -0.3 is 4.90 Å². The van der Waals surface area contributed by atoms with Gasteiger partial charge in [-0.3, -0.25) is 4.98 Å². The van der Waals surface area contributed by atoms with Gasteiger partial charge in [0.2, 0.25) is 0 Å². The SMILES string of the molecule is CN1CC2C=C(c3cccnc3)C(C2)C1.Cl.Cl. The van der Waals surface area contributed by atoms with Crippen LogP contribution in [0.25, 0.3) is 5.57 Å². The molecule has 1 aromatic heterocycles. The molecule has 3 rings (SSSR count). The largest absolute Gasteiger partial charge is 0.305 e. The molecule has 1 aliphatic heterocycles. The van der Waals surface area contributed by atoms with E-state index in [1.807, 2.05) is 18.5 Å². The fraction of sp³-hybridized carbons (Fsp3) is 0.462. The second-order valence-electron chi connectivity index (χ2n) is 4.78. The summed E-state index contributed by atoms with van der Waals surface area (Å²) in [5.41, 5.74) is 2.85. The molecule has 2 heterocycles. The van der Waals surface area contributed by atoms with E-state index in [0.717, 1.165) is 11.8 Å². The molecule has 0 N–H and O–H groups in total. The number of likely N-dealkylation sites (tertiary alicyclic amines) is 1. The standard InChI is InChI=1S/C13H16N2.2ClH/c1-15-8-10-5-12(9-15)13(6-10)11-3-2-4-14-7-11;;/h2-4,6-7,10,12H,5,8-9H2,1H3;2*1H. The number of piperidine rings is 1. The van der Waals surface area contributed by atoms with Crippen LogP contribution in [-0.2, 0) is 0 Å². The van der Waals surface area contributed by atoms with Crippen LogP contribution in [-0.4, -0.2) is 30.0 Å². The van der Waals surface area contributed by atoms with Crippen LogP contribution < -0.4 is 0 Å². The molecule has 4 heteroatoms. The van der Waals surface area contributed by atoms with Crippen molar-refractivity contribution in [2.75, 3.05) is 20.1 Å². The van der Waals surface area contributed by atoms with Crippen molar-refractivity contribution >= 4 is 30.4 Å². The Balaban J connectivity index is 0.000000722. The van der Waals surface area contributed by atoms with Crippen LogP contribution in [0.2, 0.25) is 0 Å². The van der Waals surface area contributed by atoms with Crippen molar-refractivity contribution in [3.63, 3.8) is 0 Å². The van der Waals surface area contributed by atoms with Gasteiger partial charge >= 0.3 is 0 Å². The van der Waals surface area contributed by atoms with Gasteiger partial charge in [-0.15, -0.1) is 24.8 Å². The molecule has 1 saturated heterocycles. The van der Waals surface area contributed by atoms with Gasteiger partial charge in [-0.25, -0.2) is 0 Å². The Morgan fingerprint density at radius 1 is 1.29 bits per heavy atom. The summed E-state index contributed by atoms with van der Waals surface area (Å²) in [5, 5.41) is 0. The van der Waals surface area contributed by atoms with Gasteiger partial charge in [-0.2, -0.15) is 0 Å². The maximum Gasteiger partial charge on any atom is 0.0343 e. The smallest absolute Gasteiger partial charge is 0.0343 e. The zero-order valence-corrected chi connectivity index (χ0v) is 11.5. The highest BCUT2D eigenvalue weighted by Crippen LogP contribution is 2.40. The highest BCUT2D eigenvalue weighted by Gasteiger charge is 2.32. The summed E-state index contributed by atoms with van der Waals surface area (Å²) in [7, 11) is 2.22. The van der Waals surface area contributed by atoms with Gasteiger partial charge in [-0.1, -0.05) is 12.1 Å². The van der Waals surface area contributed by atoms with Gasteiger partial charge in [-0.05, 0) is 42.5 Å². The van der Waals surface area contributed by atoms with E-state index in [1.54, 1.807) is 0 Å². The number of rotatable bonds is 1. The lowest BCUT2D eigenvalue weighted by Gasteiger charge is -2.29. The second kappa shape index (κ2) is 5.85. The molecule has 0 saturated carbocycles. The van der Waals surface area contributed by atoms with Crippen molar-refractivity contribution in [3.8, 4) is 0 Å². The van der Waals surface area contributed by atoms with Crippen molar-refractivity contribution in [1.82, 2.24) is 9.88 Å². The summed E-state index contributed by atoms with van der Waals surface area (Å²) in [5.74, 6) is 1.50. The predicted molar refractivity (Wildman–Crippen MR) is 75.8 cm³/mol. The molecule has 2 nitrogen and oxygen atoms in total. The van der Waals surface area contributed by atoms with E-state index < -0.39 is 0 Å². The van der Waals surface area contributed by atoms with Gasteiger partial charge in [0.15, 0.2) is 0 Å². The van der Waals surface area contributed by atoms with Gasteiger partial charge in [0.05, 0.1) is 0 Å². The normalized spacial score (nSPS) is 26.8. The zero-order valence-electron chi connectivity index (χ0n) is 9.87. The minimum atomic E-state index is 0. The third-order valence-electron chi connectivity index (χ3n) is 3.52. The number of hydrogen-bond acceptors (Lipinski definition) is 2. The fourth-order valence-corrected chi connectivity index (χ4v) is 2.97. The molecule has 2 bridgehead atoms. The van der Waals surface area contributed by atoms with E-state index >= 15 is 0 Å². The number of pyridine rings is 1. The Bertz CT molecular complexity index is 392. The van der Waals surface area contributed by atoms with Crippen molar-refractivity contribution in [2.24, 2.45) is 11.8 Å². The van der Waals surface area contributed by atoms with Crippen molar-refractivity contribution < 1.29 is 0 Å². The molecule has 1 aromatic rings. The van der Waals surface area contributed by atoms with Crippen LogP contribution in [0, 0.1) is 11.8 Å². The van der Waals surface area contributed by atoms with Crippen LogP contribution in [0.1, 0.15) is 12.0 Å². The van der Waals surface area contributed by atoms with Crippen molar-refractivity contribution in [1.29, 1.82) is 0 Å². The maximum atomic E-state index is 4.21. The van der Waals surface area contributed by atoms with Crippen molar-refractivity contribution in [3.05, 3.63) is 36.2 Å². The number of hydrogen-bond donors (Lipinski definition) is 0. The van der Waals surface area contributed by atoms with Gasteiger partial charge in [0.1, 0.15) is 0 Å². The molecule has 0 amide bonds. The van der Waals surface area contributed by atoms with E-state index in [-0.39, 0.29) is 24.8 Å². The Kier molecular flexibility index (Phi) is 4.99. The molecule has 1 fully saturated rings. The summed E-state index contributed by atoms with van der Waals surface area (Å²) in [4.78, 5) is 6.65. The summed E-state index contributed by atoms with van der Waals surface area (Å²) in [6, 6.07) is 4.21. The average molecular weight is 273 g/mol. The van der Waals surface area contributed by atoms with Crippen LogP contribution in [0.5, 0.6) is 0 Å². The number of halogens is 2. The number of fused-ring (bicyclic) bond motifs is 2. The summed E-state index contributed by atoms with van der Waals surface area (Å²) < 4.78 is 0. The Morgan fingerprint density at radius 3 is 2.82 bits per heavy atom.